The molecule has 0 aliphatic heterocycles. The van der Waals surface area contributed by atoms with Crippen LogP contribution in [0.15, 0.2) is 99.9 Å². The van der Waals surface area contributed by atoms with Gasteiger partial charge in [-0.1, -0.05) is 94.8 Å². The fourth-order valence-corrected chi connectivity index (χ4v) is 5.66. The highest BCUT2D eigenvalue weighted by Gasteiger charge is 2.20. The van der Waals surface area contributed by atoms with E-state index >= 15 is 0 Å². The van der Waals surface area contributed by atoms with Crippen LogP contribution in [0.5, 0.6) is 0 Å². The van der Waals surface area contributed by atoms with E-state index in [4.69, 9.17) is 4.42 Å². The van der Waals surface area contributed by atoms with Crippen molar-refractivity contribution < 1.29 is 4.42 Å². The number of benzene rings is 6. The number of halogens is 1. The second-order valence-corrected chi connectivity index (χ2v) is 8.66. The Balaban J connectivity index is 1.98. The maximum Gasteiger partial charge on any atom is 0.144 e. The van der Waals surface area contributed by atoms with Crippen molar-refractivity contribution in [2.75, 3.05) is 0 Å². The number of rotatable bonds is 0. The summed E-state index contributed by atoms with van der Waals surface area (Å²) in [7, 11) is 0. The molecule has 0 fully saturated rings. The van der Waals surface area contributed by atoms with Crippen LogP contribution >= 0.6 is 15.9 Å². The van der Waals surface area contributed by atoms with Gasteiger partial charge in [0.1, 0.15) is 11.2 Å². The zero-order chi connectivity index (χ0) is 19.8. The van der Waals surface area contributed by atoms with Gasteiger partial charge in [-0.25, -0.2) is 0 Å². The molecule has 1 aromatic heterocycles. The normalized spacial score (nSPS) is 12.2. The molecule has 0 saturated heterocycles. The third kappa shape index (κ3) is 1.97. The molecule has 1 nitrogen and oxygen atoms in total. The summed E-state index contributed by atoms with van der Waals surface area (Å²) in [6.45, 7) is 0. The summed E-state index contributed by atoms with van der Waals surface area (Å²) in [5.74, 6) is 0. The van der Waals surface area contributed by atoms with Crippen molar-refractivity contribution in [1.82, 2.24) is 0 Å². The molecule has 0 spiro atoms. The molecule has 7 rings (SSSR count). The number of hydrogen-bond donors (Lipinski definition) is 0. The van der Waals surface area contributed by atoms with Gasteiger partial charge in [-0.3, -0.25) is 0 Å². The van der Waals surface area contributed by atoms with Gasteiger partial charge < -0.3 is 4.42 Å². The molecule has 140 valence electrons. The maximum atomic E-state index is 6.58. The lowest BCUT2D eigenvalue weighted by Crippen LogP contribution is -1.86. The molecule has 0 N–H and O–H groups in total. The fourth-order valence-electron chi connectivity index (χ4n) is 5.12. The molecule has 2 heteroatoms. The Morgan fingerprint density at radius 2 is 0.900 bits per heavy atom. The second-order valence-electron chi connectivity index (χ2n) is 7.81. The first-order valence-electron chi connectivity index (χ1n) is 10.1. The summed E-state index contributed by atoms with van der Waals surface area (Å²) in [6, 6.07) is 32.3. The van der Waals surface area contributed by atoms with Crippen molar-refractivity contribution in [3.8, 4) is 0 Å². The quantitative estimate of drug-likeness (QED) is 0.212. The Morgan fingerprint density at radius 3 is 1.53 bits per heavy atom. The molecule has 1 heterocycles. The monoisotopic (exact) mass is 446 g/mol. The zero-order valence-corrected chi connectivity index (χ0v) is 17.5. The molecule has 0 aliphatic rings. The van der Waals surface area contributed by atoms with E-state index < -0.39 is 0 Å². The molecule has 0 amide bonds. The lowest BCUT2D eigenvalue weighted by atomic mass is 9.89. The molecule has 0 unspecified atom stereocenters. The van der Waals surface area contributed by atoms with Crippen molar-refractivity contribution in [3.63, 3.8) is 0 Å². The van der Waals surface area contributed by atoms with Crippen molar-refractivity contribution >= 4 is 81.0 Å². The van der Waals surface area contributed by atoms with Crippen molar-refractivity contribution in [1.29, 1.82) is 0 Å². The van der Waals surface area contributed by atoms with E-state index in [1.807, 2.05) is 6.07 Å². The Morgan fingerprint density at radius 1 is 0.433 bits per heavy atom. The lowest BCUT2D eigenvalue weighted by Gasteiger charge is -2.13. The van der Waals surface area contributed by atoms with Crippen LogP contribution in [0.2, 0.25) is 0 Å². The van der Waals surface area contributed by atoms with Gasteiger partial charge in [0.05, 0.1) is 0 Å². The largest absolute Gasteiger partial charge is 0.455 e. The van der Waals surface area contributed by atoms with Gasteiger partial charge in [-0.05, 0) is 44.5 Å². The van der Waals surface area contributed by atoms with E-state index in [1.165, 1.54) is 48.5 Å². The third-order valence-electron chi connectivity index (χ3n) is 6.29. The highest BCUT2D eigenvalue weighted by atomic mass is 79.9. The van der Waals surface area contributed by atoms with E-state index in [1.54, 1.807) is 0 Å². The topological polar surface area (TPSA) is 13.1 Å². The van der Waals surface area contributed by atoms with E-state index in [9.17, 15) is 0 Å². The Labute approximate surface area is 180 Å². The molecule has 0 aliphatic carbocycles. The summed E-state index contributed by atoms with van der Waals surface area (Å²) in [6.07, 6.45) is 0. The predicted molar refractivity (Wildman–Crippen MR) is 131 cm³/mol. The minimum absolute atomic E-state index is 0.911. The van der Waals surface area contributed by atoms with Gasteiger partial charge in [0.15, 0.2) is 0 Å². The SMILES string of the molecule is Brc1cccc2oc3c(c4ccccc4c4c5ccccc5c5ccccc5c34)c12. The van der Waals surface area contributed by atoms with Crippen LogP contribution in [0, 0.1) is 0 Å². The number of fused-ring (bicyclic) bond motifs is 13. The first-order chi connectivity index (χ1) is 14.8. The fraction of sp³-hybridized carbons (Fsp3) is 0. The second kappa shape index (κ2) is 5.84. The molecule has 7 aromatic rings. The van der Waals surface area contributed by atoms with Crippen LogP contribution in [0.3, 0.4) is 0 Å². The zero-order valence-electron chi connectivity index (χ0n) is 15.9. The summed E-state index contributed by atoms with van der Waals surface area (Å²) in [5.41, 5.74) is 1.88. The van der Waals surface area contributed by atoms with Gasteiger partial charge in [0.25, 0.3) is 0 Å². The molecule has 0 radical (unpaired) electrons. The molecule has 30 heavy (non-hydrogen) atoms. The summed E-state index contributed by atoms with van der Waals surface area (Å²) >= 11 is 3.78. The van der Waals surface area contributed by atoms with Gasteiger partial charge in [0.2, 0.25) is 0 Å². The minimum Gasteiger partial charge on any atom is -0.455 e. The Kier molecular flexibility index (Phi) is 3.20. The van der Waals surface area contributed by atoms with Crippen molar-refractivity contribution in [2.45, 2.75) is 0 Å². The first-order valence-corrected chi connectivity index (χ1v) is 10.9. The molecular formula is C28H15BrO. The smallest absolute Gasteiger partial charge is 0.144 e. The molecule has 6 aromatic carbocycles. The predicted octanol–water partition coefficient (Wildman–Crippen LogP) is 8.96. The summed E-state index contributed by atoms with van der Waals surface area (Å²) in [4.78, 5) is 0. The highest BCUT2D eigenvalue weighted by Crippen LogP contribution is 2.47. The molecule has 0 bridgehead atoms. The van der Waals surface area contributed by atoms with Gasteiger partial charge in [0, 0.05) is 26.0 Å². The van der Waals surface area contributed by atoms with Gasteiger partial charge >= 0.3 is 0 Å². The van der Waals surface area contributed by atoms with E-state index in [2.05, 4.69) is 101 Å². The van der Waals surface area contributed by atoms with E-state index in [0.717, 1.165) is 21.0 Å². The lowest BCUT2D eigenvalue weighted by molar-refractivity contribution is 0.673. The van der Waals surface area contributed by atoms with Crippen LogP contribution in [0.1, 0.15) is 0 Å². The first kappa shape index (κ1) is 16.4. The van der Waals surface area contributed by atoms with Crippen LogP contribution in [0.4, 0.5) is 0 Å². The standard InChI is InChI=1S/C28H15BrO/c29-22-14-7-15-23-27(22)26-21-13-6-5-12-20(21)24-18-10-3-1-8-16(18)17-9-2-4-11-19(17)25(24)28(26)30-23/h1-15H. The number of furan rings is 1. The van der Waals surface area contributed by atoms with Crippen LogP contribution < -0.4 is 0 Å². The summed E-state index contributed by atoms with van der Waals surface area (Å²) in [5, 5.41) is 12.3. The van der Waals surface area contributed by atoms with Gasteiger partial charge in [-0.2, -0.15) is 0 Å². The molecule has 0 saturated carbocycles. The number of hydrogen-bond acceptors (Lipinski definition) is 1. The van der Waals surface area contributed by atoms with E-state index in [0.29, 0.717) is 0 Å². The summed E-state index contributed by atoms with van der Waals surface area (Å²) < 4.78 is 7.64. The van der Waals surface area contributed by atoms with Crippen molar-refractivity contribution in [3.05, 3.63) is 95.5 Å². The van der Waals surface area contributed by atoms with Crippen molar-refractivity contribution in [2.24, 2.45) is 0 Å². The highest BCUT2D eigenvalue weighted by molar-refractivity contribution is 9.10. The van der Waals surface area contributed by atoms with Gasteiger partial charge in [-0.15, -0.1) is 0 Å². The van der Waals surface area contributed by atoms with E-state index in [-0.39, 0.29) is 0 Å². The van der Waals surface area contributed by atoms with Crippen LogP contribution in [-0.4, -0.2) is 0 Å². The third-order valence-corrected chi connectivity index (χ3v) is 6.95. The van der Waals surface area contributed by atoms with Crippen LogP contribution in [-0.2, 0) is 0 Å². The average molecular weight is 447 g/mol. The molecule has 0 atom stereocenters. The van der Waals surface area contributed by atoms with Crippen LogP contribution in [0.25, 0.3) is 65.0 Å². The average Bonchev–Trinajstić information content (AvgIpc) is 3.20. The Hall–Kier alpha value is -3.36. The molecular weight excluding hydrogens is 432 g/mol. The Bertz CT molecular complexity index is 1810. The minimum atomic E-state index is 0.911. The maximum absolute atomic E-state index is 6.58.